The molecule has 114 valence electrons. The minimum Gasteiger partial charge on any atom is -0.454 e. The number of hydrogen-bond donors (Lipinski definition) is 1. The lowest BCUT2D eigenvalue weighted by Crippen LogP contribution is -2.33. The highest BCUT2D eigenvalue weighted by Crippen LogP contribution is 2.35. The summed E-state index contributed by atoms with van der Waals surface area (Å²) in [6, 6.07) is 12.5. The molecule has 0 saturated carbocycles. The molecular weight excluding hydrogens is 298 g/mol. The van der Waals surface area contributed by atoms with Gasteiger partial charge in [0.2, 0.25) is 13.2 Å². The summed E-state index contributed by atoms with van der Waals surface area (Å²) < 4.78 is 10.4. The van der Waals surface area contributed by atoms with Crippen LogP contribution < -0.4 is 19.7 Å². The second-order valence-corrected chi connectivity index (χ2v) is 4.64. The number of carbonyl (C=O) groups excluding carboxylic acids is 2. The van der Waals surface area contributed by atoms with E-state index in [9.17, 15) is 9.59 Å². The molecule has 23 heavy (non-hydrogen) atoms. The largest absolute Gasteiger partial charge is 0.454 e. The molecule has 1 N–H and O–H groups in total. The van der Waals surface area contributed by atoms with Crippen LogP contribution in [0.3, 0.4) is 0 Å². The molecule has 0 spiro atoms. The molecule has 0 bridgehead atoms. The molecule has 0 radical (unpaired) electrons. The smallest absolute Gasteiger partial charge is 0.332 e. The molecule has 7 heteroatoms. The first-order chi connectivity index (χ1) is 11.2. The number of amides is 3. The number of ether oxygens (including phenoxy) is 2. The molecule has 3 rings (SSSR count). The van der Waals surface area contributed by atoms with Crippen molar-refractivity contribution in [2.24, 2.45) is 0 Å². The lowest BCUT2D eigenvalue weighted by Gasteiger charge is -2.17. The maximum atomic E-state index is 12.3. The molecule has 0 unspecified atom stereocenters. The third-order valence-electron chi connectivity index (χ3n) is 3.20. The van der Waals surface area contributed by atoms with Gasteiger partial charge in [-0.05, 0) is 30.3 Å². The Kier molecular flexibility index (Phi) is 3.80. The van der Waals surface area contributed by atoms with Crippen molar-refractivity contribution in [2.75, 3.05) is 17.0 Å². The van der Waals surface area contributed by atoms with Crippen LogP contribution >= 0.6 is 0 Å². The summed E-state index contributed by atoms with van der Waals surface area (Å²) >= 11 is 0. The van der Waals surface area contributed by atoms with Crippen molar-refractivity contribution in [3.63, 3.8) is 0 Å². The molecule has 1 aliphatic rings. The standard InChI is InChI=1S/C16H11N3O4/c17-8-11-2-1-3-12(6-11)18-16(21)19(9-20)13-4-5-14-15(7-13)23-10-22-14/h1-7,9H,10H2,(H,18,21). The van der Waals surface area contributed by atoms with Crippen LogP contribution in [0.15, 0.2) is 42.5 Å². The molecule has 0 saturated heterocycles. The highest BCUT2D eigenvalue weighted by atomic mass is 16.7. The lowest BCUT2D eigenvalue weighted by molar-refractivity contribution is -0.106. The van der Waals surface area contributed by atoms with Crippen LogP contribution in [0, 0.1) is 11.3 Å². The fraction of sp³-hybridized carbons (Fsp3) is 0.0625. The summed E-state index contributed by atoms with van der Waals surface area (Å²) in [4.78, 5) is 24.5. The van der Waals surface area contributed by atoms with E-state index in [-0.39, 0.29) is 6.79 Å². The van der Waals surface area contributed by atoms with Crippen molar-refractivity contribution >= 4 is 23.8 Å². The zero-order chi connectivity index (χ0) is 16.2. The molecule has 2 aromatic carbocycles. The Labute approximate surface area is 131 Å². The second kappa shape index (κ2) is 6.07. The summed E-state index contributed by atoms with van der Waals surface area (Å²) in [5.41, 5.74) is 1.17. The summed E-state index contributed by atoms with van der Waals surface area (Å²) in [7, 11) is 0. The number of benzene rings is 2. The van der Waals surface area contributed by atoms with Gasteiger partial charge in [-0.25, -0.2) is 9.69 Å². The number of urea groups is 1. The van der Waals surface area contributed by atoms with Gasteiger partial charge in [0.1, 0.15) is 0 Å². The van der Waals surface area contributed by atoms with Crippen LogP contribution in [-0.4, -0.2) is 19.2 Å². The highest BCUT2D eigenvalue weighted by Gasteiger charge is 2.20. The average molecular weight is 309 g/mol. The number of hydrogen-bond acceptors (Lipinski definition) is 5. The highest BCUT2D eigenvalue weighted by molar-refractivity contribution is 6.12. The number of nitrogens with one attached hydrogen (secondary N) is 1. The third-order valence-corrected chi connectivity index (χ3v) is 3.20. The molecular formula is C16H11N3O4. The third kappa shape index (κ3) is 2.91. The van der Waals surface area contributed by atoms with E-state index in [1.807, 2.05) is 6.07 Å². The van der Waals surface area contributed by atoms with Gasteiger partial charge in [-0.2, -0.15) is 5.26 Å². The molecule has 1 heterocycles. The van der Waals surface area contributed by atoms with Crippen molar-refractivity contribution < 1.29 is 19.1 Å². The summed E-state index contributed by atoms with van der Waals surface area (Å²) in [6.45, 7) is 0.104. The molecule has 1 aliphatic heterocycles. The number of imide groups is 1. The summed E-state index contributed by atoms with van der Waals surface area (Å²) in [5.74, 6) is 1.02. The van der Waals surface area contributed by atoms with E-state index in [2.05, 4.69) is 5.32 Å². The minimum atomic E-state index is -0.644. The van der Waals surface area contributed by atoms with Gasteiger partial charge < -0.3 is 14.8 Å². The van der Waals surface area contributed by atoms with Crippen molar-refractivity contribution in [1.82, 2.24) is 0 Å². The Hall–Kier alpha value is -3.53. The maximum Gasteiger partial charge on any atom is 0.332 e. The normalized spacial score (nSPS) is 11.4. The van der Waals surface area contributed by atoms with Crippen LogP contribution in [0.1, 0.15) is 5.56 Å². The van der Waals surface area contributed by atoms with E-state index >= 15 is 0 Å². The van der Waals surface area contributed by atoms with E-state index in [4.69, 9.17) is 14.7 Å². The molecule has 3 amide bonds. The first-order valence-corrected chi connectivity index (χ1v) is 6.66. The Bertz CT molecular complexity index is 813. The van der Waals surface area contributed by atoms with Gasteiger partial charge in [-0.3, -0.25) is 4.79 Å². The molecule has 7 nitrogen and oxygen atoms in total. The fourth-order valence-corrected chi connectivity index (χ4v) is 2.11. The Morgan fingerprint density at radius 1 is 1.22 bits per heavy atom. The number of carbonyl (C=O) groups is 2. The van der Waals surface area contributed by atoms with Crippen LogP contribution in [0.25, 0.3) is 0 Å². The van der Waals surface area contributed by atoms with Gasteiger partial charge >= 0.3 is 6.03 Å². The van der Waals surface area contributed by atoms with E-state index < -0.39 is 6.03 Å². The van der Waals surface area contributed by atoms with Gasteiger partial charge in [-0.1, -0.05) is 6.07 Å². The first-order valence-electron chi connectivity index (χ1n) is 6.66. The Morgan fingerprint density at radius 2 is 2.04 bits per heavy atom. The predicted octanol–water partition coefficient (Wildman–Crippen LogP) is 2.48. The van der Waals surface area contributed by atoms with E-state index in [0.29, 0.717) is 34.8 Å². The quantitative estimate of drug-likeness (QED) is 0.879. The van der Waals surface area contributed by atoms with Crippen molar-refractivity contribution in [3.05, 3.63) is 48.0 Å². The predicted molar refractivity (Wildman–Crippen MR) is 81.3 cm³/mol. The Balaban J connectivity index is 1.81. The van der Waals surface area contributed by atoms with Crippen LogP contribution in [0.2, 0.25) is 0 Å². The van der Waals surface area contributed by atoms with Crippen LogP contribution in [0.5, 0.6) is 11.5 Å². The number of rotatable bonds is 3. The van der Waals surface area contributed by atoms with Crippen molar-refractivity contribution in [2.45, 2.75) is 0 Å². The Morgan fingerprint density at radius 3 is 2.83 bits per heavy atom. The zero-order valence-electron chi connectivity index (χ0n) is 11.9. The number of nitriles is 1. The average Bonchev–Trinajstić information content (AvgIpc) is 3.03. The molecule has 0 fully saturated rings. The molecule has 2 aromatic rings. The van der Waals surface area contributed by atoms with E-state index in [1.54, 1.807) is 36.4 Å². The van der Waals surface area contributed by atoms with Gasteiger partial charge in [0.25, 0.3) is 0 Å². The molecule has 0 aliphatic carbocycles. The van der Waals surface area contributed by atoms with Crippen molar-refractivity contribution in [1.29, 1.82) is 5.26 Å². The second-order valence-electron chi connectivity index (χ2n) is 4.64. The van der Waals surface area contributed by atoms with Crippen LogP contribution in [-0.2, 0) is 4.79 Å². The zero-order valence-corrected chi connectivity index (χ0v) is 11.9. The topological polar surface area (TPSA) is 91.7 Å². The van der Waals surface area contributed by atoms with Crippen LogP contribution in [0.4, 0.5) is 16.2 Å². The van der Waals surface area contributed by atoms with Gasteiger partial charge in [0.15, 0.2) is 11.5 Å². The van der Waals surface area contributed by atoms with E-state index in [0.717, 1.165) is 4.90 Å². The van der Waals surface area contributed by atoms with E-state index in [1.165, 1.54) is 6.07 Å². The van der Waals surface area contributed by atoms with Gasteiger partial charge in [0, 0.05) is 11.8 Å². The maximum absolute atomic E-state index is 12.3. The number of fused-ring (bicyclic) bond motifs is 1. The minimum absolute atomic E-state index is 0.104. The first kappa shape index (κ1) is 14.4. The number of anilines is 2. The summed E-state index contributed by atoms with van der Waals surface area (Å²) in [5, 5.41) is 11.4. The summed E-state index contributed by atoms with van der Waals surface area (Å²) in [6.07, 6.45) is 0.404. The number of nitrogens with zero attached hydrogens (tertiary/aromatic N) is 2. The van der Waals surface area contributed by atoms with Gasteiger partial charge in [-0.15, -0.1) is 0 Å². The van der Waals surface area contributed by atoms with Gasteiger partial charge in [0.05, 0.1) is 17.3 Å². The fourth-order valence-electron chi connectivity index (χ4n) is 2.11. The molecule has 0 atom stereocenters. The molecule has 0 aromatic heterocycles. The lowest BCUT2D eigenvalue weighted by atomic mass is 10.2. The SMILES string of the molecule is N#Cc1cccc(NC(=O)N(C=O)c2ccc3c(c2)OCO3)c1. The monoisotopic (exact) mass is 309 g/mol. The van der Waals surface area contributed by atoms with Crippen molar-refractivity contribution in [3.8, 4) is 17.6 Å².